The number of thioether (sulfide) groups is 1. The van der Waals surface area contributed by atoms with E-state index in [-0.39, 0.29) is 34.6 Å². The van der Waals surface area contributed by atoms with Crippen molar-refractivity contribution < 1.29 is 18.7 Å². The van der Waals surface area contributed by atoms with E-state index in [1.165, 1.54) is 11.8 Å². The molecule has 0 atom stereocenters. The van der Waals surface area contributed by atoms with Crippen LogP contribution in [-0.4, -0.2) is 52.1 Å². The highest BCUT2D eigenvalue weighted by Crippen LogP contribution is 2.35. The third kappa shape index (κ3) is 6.46. The Balaban J connectivity index is 2.29. The summed E-state index contributed by atoms with van der Waals surface area (Å²) in [6.07, 6.45) is 1.04. The number of hydrogen-bond donors (Lipinski definition) is 2. The Morgan fingerprint density at radius 3 is 2.52 bits per heavy atom. The lowest BCUT2D eigenvalue weighted by Crippen LogP contribution is -2.35. The second-order valence-corrected chi connectivity index (χ2v) is 8.46. The molecular weight excluding hydrogens is 421 g/mol. The summed E-state index contributed by atoms with van der Waals surface area (Å²) in [6, 6.07) is 0. The molecule has 11 heteroatoms. The molecule has 0 radical (unpaired) electrons. The zero-order valence-corrected chi connectivity index (χ0v) is 18.8. The van der Waals surface area contributed by atoms with Gasteiger partial charge in [0.2, 0.25) is 5.88 Å². The lowest BCUT2D eigenvalue weighted by atomic mass is 10.2. The minimum atomic E-state index is -0.745. The first kappa shape index (κ1) is 23.2. The van der Waals surface area contributed by atoms with Crippen molar-refractivity contribution >= 4 is 46.2 Å². The van der Waals surface area contributed by atoms with Gasteiger partial charge < -0.3 is 20.1 Å². The molecule has 1 amide bonds. The second kappa shape index (κ2) is 9.62. The third-order valence-electron chi connectivity index (χ3n) is 3.31. The van der Waals surface area contributed by atoms with Crippen LogP contribution in [0.1, 0.15) is 34.6 Å². The Kier molecular flexibility index (Phi) is 7.70. The quantitative estimate of drug-likeness (QED) is 0.282. The van der Waals surface area contributed by atoms with Gasteiger partial charge in [-0.3, -0.25) is 0 Å². The Labute approximate surface area is 178 Å². The average molecular weight is 446 g/mol. The van der Waals surface area contributed by atoms with Crippen molar-refractivity contribution in [3.05, 3.63) is 11.0 Å². The Morgan fingerprint density at radius 1 is 1.24 bits per heavy atom. The number of rotatable bonds is 7. The normalized spacial score (nSPS) is 11.6. The van der Waals surface area contributed by atoms with Crippen LogP contribution >= 0.6 is 23.4 Å². The molecule has 0 saturated heterocycles. The van der Waals surface area contributed by atoms with Crippen LogP contribution in [-0.2, 0) is 4.74 Å². The smallest absolute Gasteiger partial charge is 0.407 e. The molecule has 0 fully saturated rings. The molecule has 0 spiro atoms. The van der Waals surface area contributed by atoms with E-state index in [0.29, 0.717) is 17.5 Å². The minimum Gasteiger partial charge on any atom is -0.474 e. The van der Waals surface area contributed by atoms with Gasteiger partial charge in [0.15, 0.2) is 16.1 Å². The van der Waals surface area contributed by atoms with Crippen molar-refractivity contribution in [2.45, 2.75) is 51.5 Å². The van der Waals surface area contributed by atoms with E-state index in [1.54, 1.807) is 27.0 Å². The molecule has 0 unspecified atom stereocenters. The van der Waals surface area contributed by atoms with Crippen molar-refractivity contribution in [2.24, 2.45) is 0 Å². The number of nitrogens with one attached hydrogen (secondary N) is 2. The molecule has 0 saturated carbocycles. The number of pyridine rings is 1. The van der Waals surface area contributed by atoms with Crippen molar-refractivity contribution in [3.63, 3.8) is 0 Å². The van der Waals surface area contributed by atoms with Gasteiger partial charge in [-0.15, -0.1) is 0 Å². The van der Waals surface area contributed by atoms with E-state index in [0.717, 1.165) is 0 Å². The summed E-state index contributed by atoms with van der Waals surface area (Å²) in [7, 11) is 0. The Bertz CT molecular complexity index is 892. The molecule has 29 heavy (non-hydrogen) atoms. The van der Waals surface area contributed by atoms with Gasteiger partial charge in [-0.1, -0.05) is 23.4 Å². The van der Waals surface area contributed by atoms with Gasteiger partial charge in [-0.25, -0.2) is 19.2 Å². The molecule has 2 rings (SSSR count). The highest BCUT2D eigenvalue weighted by molar-refractivity contribution is 7.98. The predicted octanol–water partition coefficient (Wildman–Crippen LogP) is 4.26. The fourth-order valence-corrected chi connectivity index (χ4v) is 2.81. The Hall–Kier alpha value is -2.07. The number of carbonyl (C=O) groups is 1. The van der Waals surface area contributed by atoms with Crippen LogP contribution in [0.3, 0.4) is 0 Å². The fraction of sp³-hybridized carbons (Fsp3) is 0.556. The molecule has 2 aromatic rings. The van der Waals surface area contributed by atoms with Crippen LogP contribution < -0.4 is 15.4 Å². The maximum atomic E-state index is 14.6. The van der Waals surface area contributed by atoms with Gasteiger partial charge in [0.1, 0.15) is 22.3 Å². The topological polar surface area (TPSA) is 98.3 Å². The number of ether oxygens (including phenoxy) is 2. The largest absolute Gasteiger partial charge is 0.474 e. The number of amides is 1. The van der Waals surface area contributed by atoms with Crippen LogP contribution in [0.2, 0.25) is 5.15 Å². The number of fused-ring (bicyclic) bond motifs is 1. The summed E-state index contributed by atoms with van der Waals surface area (Å²) in [5, 5.41) is 6.04. The molecule has 8 nitrogen and oxygen atoms in total. The maximum Gasteiger partial charge on any atom is 0.407 e. The summed E-state index contributed by atoms with van der Waals surface area (Å²) >= 11 is 7.18. The zero-order chi connectivity index (χ0) is 21.8. The van der Waals surface area contributed by atoms with E-state index in [4.69, 9.17) is 21.1 Å². The van der Waals surface area contributed by atoms with Gasteiger partial charge in [0.05, 0.1) is 6.10 Å². The van der Waals surface area contributed by atoms with Crippen LogP contribution in [0, 0.1) is 5.82 Å². The maximum absolute atomic E-state index is 14.6. The molecule has 2 aromatic heterocycles. The van der Waals surface area contributed by atoms with Gasteiger partial charge in [-0.05, 0) is 40.9 Å². The van der Waals surface area contributed by atoms with E-state index >= 15 is 0 Å². The Morgan fingerprint density at radius 2 is 1.93 bits per heavy atom. The lowest BCUT2D eigenvalue weighted by molar-refractivity contribution is 0.0530. The minimum absolute atomic E-state index is 0.0163. The monoisotopic (exact) mass is 445 g/mol. The van der Waals surface area contributed by atoms with E-state index < -0.39 is 17.5 Å². The number of carbonyl (C=O) groups excluding carboxylic acids is 1. The van der Waals surface area contributed by atoms with Crippen molar-refractivity contribution in [3.8, 4) is 5.88 Å². The predicted molar refractivity (Wildman–Crippen MR) is 113 cm³/mol. The number of halogens is 2. The summed E-state index contributed by atoms with van der Waals surface area (Å²) in [5.74, 6) is -0.272. The number of alkyl carbamates (subject to hydrolysis) is 1. The number of anilines is 1. The number of hydrogen-bond acceptors (Lipinski definition) is 8. The fourth-order valence-electron chi connectivity index (χ4n) is 2.28. The van der Waals surface area contributed by atoms with Crippen LogP contribution in [0.15, 0.2) is 5.16 Å². The average Bonchev–Trinajstić information content (AvgIpc) is 2.60. The van der Waals surface area contributed by atoms with Crippen molar-refractivity contribution in [1.82, 2.24) is 20.3 Å². The van der Waals surface area contributed by atoms with E-state index in [1.807, 2.05) is 13.8 Å². The summed E-state index contributed by atoms with van der Waals surface area (Å²) in [5.41, 5.74) is -0.568. The second-order valence-electron chi connectivity index (χ2n) is 7.33. The van der Waals surface area contributed by atoms with Gasteiger partial charge in [0, 0.05) is 13.1 Å². The van der Waals surface area contributed by atoms with E-state index in [9.17, 15) is 9.18 Å². The zero-order valence-electron chi connectivity index (χ0n) is 17.2. The highest BCUT2D eigenvalue weighted by atomic mass is 35.5. The third-order valence-corrected chi connectivity index (χ3v) is 4.10. The first-order valence-corrected chi connectivity index (χ1v) is 10.6. The molecule has 0 aliphatic carbocycles. The van der Waals surface area contributed by atoms with E-state index in [2.05, 4.69) is 25.6 Å². The molecule has 0 aromatic carbocycles. The van der Waals surface area contributed by atoms with Crippen molar-refractivity contribution in [1.29, 1.82) is 0 Å². The number of aromatic nitrogens is 3. The van der Waals surface area contributed by atoms with Gasteiger partial charge >= 0.3 is 6.09 Å². The molecule has 2 heterocycles. The summed E-state index contributed by atoms with van der Waals surface area (Å²) in [4.78, 5) is 24.4. The summed E-state index contributed by atoms with van der Waals surface area (Å²) in [6.45, 7) is 9.56. The first-order chi connectivity index (χ1) is 13.5. The first-order valence-electron chi connectivity index (χ1n) is 9.00. The van der Waals surface area contributed by atoms with Gasteiger partial charge in [0.25, 0.3) is 0 Å². The number of nitrogens with zero attached hydrogens (tertiary/aromatic N) is 3. The highest BCUT2D eigenvalue weighted by Gasteiger charge is 2.21. The van der Waals surface area contributed by atoms with Crippen LogP contribution in [0.25, 0.3) is 10.9 Å². The molecule has 0 aliphatic rings. The molecule has 2 N–H and O–H groups in total. The van der Waals surface area contributed by atoms with Gasteiger partial charge in [-0.2, -0.15) is 4.98 Å². The standard InChI is InChI=1S/C18H25ClFN5O3S/c1-9(2)27-15-10-12(11(20)13(19)24-15)23-16(29-6)25-14(10)21-7-8-22-17(26)28-18(3,4)5/h9H,7-8H2,1-6H3,(H,22,26)(H,21,23,25). The molecular formula is C18H25ClFN5O3S. The van der Waals surface area contributed by atoms with Crippen molar-refractivity contribution in [2.75, 3.05) is 24.7 Å². The molecule has 0 bridgehead atoms. The summed E-state index contributed by atoms with van der Waals surface area (Å²) < 4.78 is 25.5. The molecule has 0 aliphatic heterocycles. The molecule has 160 valence electrons. The van der Waals surface area contributed by atoms with Crippen LogP contribution in [0.4, 0.5) is 15.0 Å². The lowest BCUT2D eigenvalue weighted by Gasteiger charge is -2.20. The van der Waals surface area contributed by atoms with Crippen LogP contribution in [0.5, 0.6) is 5.88 Å². The SMILES string of the molecule is CSc1nc(NCCNC(=O)OC(C)(C)C)c2c(OC(C)C)nc(Cl)c(F)c2n1.